The molecular weight excluding hydrogens is 302 g/mol. The lowest BCUT2D eigenvalue weighted by atomic mass is 9.65. The first-order valence-electron chi connectivity index (χ1n) is 8.62. The lowest BCUT2D eigenvalue weighted by molar-refractivity contribution is 0.130. The predicted octanol–water partition coefficient (Wildman–Crippen LogP) is 3.40. The number of likely N-dealkylation sites (tertiary alicyclic amines) is 1. The maximum absolute atomic E-state index is 12.8. The quantitative estimate of drug-likeness (QED) is 0.873. The Morgan fingerprint density at radius 1 is 1.29 bits per heavy atom. The summed E-state index contributed by atoms with van der Waals surface area (Å²) in [4.78, 5) is 14.9. The van der Waals surface area contributed by atoms with Crippen molar-refractivity contribution in [1.29, 1.82) is 0 Å². The first-order chi connectivity index (χ1) is 11.2. The van der Waals surface area contributed by atoms with Gasteiger partial charge in [0.1, 0.15) is 5.52 Å². The van der Waals surface area contributed by atoms with Crippen molar-refractivity contribution in [3.8, 4) is 0 Å². The summed E-state index contributed by atoms with van der Waals surface area (Å²) in [5.74, 6) is 0. The fraction of sp³-hybridized carbons (Fsp3) is 0.611. The summed E-state index contributed by atoms with van der Waals surface area (Å²) >= 11 is 0. The van der Waals surface area contributed by atoms with Crippen LogP contribution in [0.2, 0.25) is 0 Å². The maximum Gasteiger partial charge on any atom is 0.322 e. The summed E-state index contributed by atoms with van der Waals surface area (Å²) in [5, 5.41) is 11.2. The molecule has 2 aliphatic rings. The van der Waals surface area contributed by atoms with Gasteiger partial charge in [-0.3, -0.25) is 0 Å². The van der Waals surface area contributed by atoms with Crippen molar-refractivity contribution in [1.82, 2.24) is 19.9 Å². The van der Waals surface area contributed by atoms with E-state index in [0.29, 0.717) is 11.5 Å². The van der Waals surface area contributed by atoms with Crippen LogP contribution in [0.5, 0.6) is 0 Å². The Morgan fingerprint density at radius 2 is 2.08 bits per heavy atom. The Balaban J connectivity index is 1.53. The van der Waals surface area contributed by atoms with Crippen LogP contribution in [-0.2, 0) is 7.05 Å². The third-order valence-electron chi connectivity index (χ3n) is 5.54. The molecule has 0 radical (unpaired) electrons. The zero-order valence-electron chi connectivity index (χ0n) is 14.8. The molecule has 128 valence electrons. The van der Waals surface area contributed by atoms with Gasteiger partial charge in [0, 0.05) is 25.3 Å². The van der Waals surface area contributed by atoms with Gasteiger partial charge in [-0.05, 0) is 48.3 Å². The molecule has 1 N–H and O–H groups in total. The highest BCUT2D eigenvalue weighted by atomic mass is 16.2. The van der Waals surface area contributed by atoms with Crippen LogP contribution in [0.4, 0.5) is 10.5 Å². The smallest absolute Gasteiger partial charge is 0.321 e. The van der Waals surface area contributed by atoms with Gasteiger partial charge >= 0.3 is 6.03 Å². The second-order valence-corrected chi connectivity index (χ2v) is 8.69. The number of fused-ring (bicyclic) bond motifs is 3. The number of benzene rings is 1. The Morgan fingerprint density at radius 3 is 2.88 bits per heavy atom. The van der Waals surface area contributed by atoms with Crippen molar-refractivity contribution in [3.05, 3.63) is 18.2 Å². The summed E-state index contributed by atoms with van der Waals surface area (Å²) in [6.07, 6.45) is 3.39. The summed E-state index contributed by atoms with van der Waals surface area (Å²) in [6, 6.07) is 6.09. The molecule has 2 aromatic rings. The molecule has 0 unspecified atom stereocenters. The van der Waals surface area contributed by atoms with Crippen LogP contribution in [-0.4, -0.2) is 38.5 Å². The molecule has 2 heterocycles. The van der Waals surface area contributed by atoms with E-state index in [2.05, 4.69) is 36.4 Å². The summed E-state index contributed by atoms with van der Waals surface area (Å²) in [7, 11) is 1.86. The number of aromatic nitrogens is 3. The molecule has 6 nitrogen and oxygen atoms in total. The molecular formula is C18H25N5O. The van der Waals surface area contributed by atoms with E-state index in [1.807, 2.05) is 30.1 Å². The Labute approximate surface area is 142 Å². The van der Waals surface area contributed by atoms with E-state index in [0.717, 1.165) is 36.1 Å². The number of nitrogens with zero attached hydrogens (tertiary/aromatic N) is 4. The highest BCUT2D eigenvalue weighted by Crippen LogP contribution is 2.52. The lowest BCUT2D eigenvalue weighted by Gasteiger charge is -2.39. The first kappa shape index (κ1) is 15.4. The van der Waals surface area contributed by atoms with Crippen molar-refractivity contribution in [3.63, 3.8) is 0 Å². The van der Waals surface area contributed by atoms with E-state index in [1.165, 1.54) is 6.42 Å². The average molecular weight is 327 g/mol. The fourth-order valence-corrected chi connectivity index (χ4v) is 5.01. The van der Waals surface area contributed by atoms with Gasteiger partial charge in [0.05, 0.1) is 5.52 Å². The largest absolute Gasteiger partial charge is 0.322 e. The monoisotopic (exact) mass is 327 g/mol. The van der Waals surface area contributed by atoms with Crippen LogP contribution in [0.3, 0.4) is 0 Å². The Bertz CT molecular complexity index is 811. The van der Waals surface area contributed by atoms with Gasteiger partial charge in [0.25, 0.3) is 0 Å². The summed E-state index contributed by atoms with van der Waals surface area (Å²) in [5.41, 5.74) is 3.09. The van der Waals surface area contributed by atoms with E-state index in [-0.39, 0.29) is 11.4 Å². The van der Waals surface area contributed by atoms with Gasteiger partial charge in [-0.1, -0.05) is 26.0 Å². The van der Waals surface area contributed by atoms with Gasteiger partial charge in [-0.2, -0.15) is 0 Å². The van der Waals surface area contributed by atoms with Gasteiger partial charge in [0.15, 0.2) is 0 Å². The van der Waals surface area contributed by atoms with E-state index in [9.17, 15) is 4.79 Å². The molecule has 2 bridgehead atoms. The molecule has 2 fully saturated rings. The van der Waals surface area contributed by atoms with Crippen molar-refractivity contribution < 1.29 is 4.79 Å². The minimum atomic E-state index is 0.00432. The molecule has 2 atom stereocenters. The zero-order valence-corrected chi connectivity index (χ0v) is 14.8. The third-order valence-corrected chi connectivity index (χ3v) is 5.54. The number of carbonyl (C=O) groups excluding carboxylic acids is 1. The van der Waals surface area contributed by atoms with Crippen LogP contribution in [0.15, 0.2) is 18.2 Å². The minimum absolute atomic E-state index is 0.00432. The first-order valence-corrected chi connectivity index (χ1v) is 8.62. The fourth-order valence-electron chi connectivity index (χ4n) is 5.01. The van der Waals surface area contributed by atoms with Gasteiger partial charge in [-0.15, -0.1) is 5.10 Å². The molecule has 24 heavy (non-hydrogen) atoms. The second kappa shape index (κ2) is 4.94. The van der Waals surface area contributed by atoms with Crippen molar-refractivity contribution in [2.75, 3.05) is 11.9 Å². The molecule has 1 aliphatic heterocycles. The lowest BCUT2D eigenvalue weighted by Crippen LogP contribution is -2.40. The number of hydrogen-bond donors (Lipinski definition) is 1. The zero-order chi connectivity index (χ0) is 17.1. The van der Waals surface area contributed by atoms with Crippen molar-refractivity contribution in [2.45, 2.75) is 46.1 Å². The normalized spacial score (nSPS) is 28.3. The number of aryl methyl sites for hydroxylation is 1. The number of rotatable bonds is 1. The molecule has 0 spiro atoms. The molecule has 1 saturated carbocycles. The van der Waals surface area contributed by atoms with E-state index < -0.39 is 0 Å². The number of carbonyl (C=O) groups is 1. The van der Waals surface area contributed by atoms with E-state index in [4.69, 9.17) is 0 Å². The average Bonchev–Trinajstić information content (AvgIpc) is 2.95. The number of hydrogen-bond acceptors (Lipinski definition) is 3. The van der Waals surface area contributed by atoms with Crippen LogP contribution in [0.1, 0.15) is 40.0 Å². The van der Waals surface area contributed by atoms with Crippen LogP contribution in [0, 0.1) is 10.8 Å². The van der Waals surface area contributed by atoms with Crippen LogP contribution >= 0.6 is 0 Å². The van der Waals surface area contributed by atoms with E-state index >= 15 is 0 Å². The molecule has 1 saturated heterocycles. The Kier molecular flexibility index (Phi) is 3.18. The van der Waals surface area contributed by atoms with Crippen molar-refractivity contribution >= 4 is 22.8 Å². The Hall–Kier alpha value is -2.11. The van der Waals surface area contributed by atoms with Crippen LogP contribution < -0.4 is 5.32 Å². The topological polar surface area (TPSA) is 63.1 Å². The van der Waals surface area contributed by atoms with Crippen LogP contribution in [0.25, 0.3) is 11.0 Å². The summed E-state index contributed by atoms with van der Waals surface area (Å²) < 4.78 is 1.73. The highest BCUT2D eigenvalue weighted by Gasteiger charge is 2.50. The standard InChI is InChI=1S/C18H25N5O/c1-17(2)8-13-9-18(3,10-17)11-23(13)16(24)19-12-5-6-15-14(7-12)20-21-22(15)4/h5-7,13H,8-11H2,1-4H3,(H,19,24)/t13-,18-/m0/s1. The highest BCUT2D eigenvalue weighted by molar-refractivity contribution is 5.92. The number of nitrogens with one attached hydrogen (secondary N) is 1. The predicted molar refractivity (Wildman–Crippen MR) is 93.8 cm³/mol. The third kappa shape index (κ3) is 2.54. The number of amides is 2. The molecule has 1 aromatic heterocycles. The van der Waals surface area contributed by atoms with Gasteiger partial charge in [0.2, 0.25) is 0 Å². The molecule has 1 aliphatic carbocycles. The van der Waals surface area contributed by atoms with Crippen molar-refractivity contribution in [2.24, 2.45) is 17.9 Å². The molecule has 1 aromatic carbocycles. The number of anilines is 1. The van der Waals surface area contributed by atoms with Gasteiger partial charge in [-0.25, -0.2) is 9.48 Å². The van der Waals surface area contributed by atoms with Gasteiger partial charge < -0.3 is 10.2 Å². The van der Waals surface area contributed by atoms with E-state index in [1.54, 1.807) is 4.68 Å². The number of urea groups is 1. The molecule has 2 amide bonds. The SMILES string of the molecule is Cn1nnc2cc(NC(=O)N3C[C@@]4(C)C[C@@H]3CC(C)(C)C4)ccc21. The summed E-state index contributed by atoms with van der Waals surface area (Å²) in [6.45, 7) is 7.81. The minimum Gasteiger partial charge on any atom is -0.321 e. The maximum atomic E-state index is 12.8. The molecule has 4 rings (SSSR count). The molecule has 6 heteroatoms. The second-order valence-electron chi connectivity index (χ2n) is 8.69.